The number of anilines is 2. The topological polar surface area (TPSA) is 91.5 Å². The molecule has 0 radical (unpaired) electrons. The molecule has 0 amide bonds. The van der Waals surface area contributed by atoms with Gasteiger partial charge in [0.1, 0.15) is 11.6 Å². The predicted molar refractivity (Wildman–Crippen MR) is 81.7 cm³/mol. The number of pyridine rings is 1. The van der Waals surface area contributed by atoms with Crippen LogP contribution in [0.25, 0.3) is 0 Å². The van der Waals surface area contributed by atoms with Crippen molar-refractivity contribution >= 4 is 17.3 Å². The quantitative estimate of drug-likeness (QED) is 0.638. The molecule has 0 saturated carbocycles. The van der Waals surface area contributed by atoms with E-state index in [-0.39, 0.29) is 5.69 Å². The largest absolute Gasteiger partial charge is 0.388 e. The molecule has 1 saturated heterocycles. The van der Waals surface area contributed by atoms with Gasteiger partial charge in [-0.15, -0.1) is 0 Å². The number of β-amino-alcohol motifs (C(OH)–C–C–N with tert-alkyl or cyclic N) is 1. The van der Waals surface area contributed by atoms with E-state index >= 15 is 0 Å². The van der Waals surface area contributed by atoms with Crippen LogP contribution in [0.15, 0.2) is 12.1 Å². The summed E-state index contributed by atoms with van der Waals surface area (Å²) in [6, 6.07) is 2.92. The van der Waals surface area contributed by atoms with Crippen LogP contribution < -0.4 is 10.2 Å². The fourth-order valence-corrected chi connectivity index (χ4v) is 2.53. The Balaban J connectivity index is 2.28. The third-order valence-corrected chi connectivity index (χ3v) is 3.56. The Kier molecular flexibility index (Phi) is 4.62. The molecule has 21 heavy (non-hydrogen) atoms. The minimum atomic E-state index is -0.776. The van der Waals surface area contributed by atoms with Gasteiger partial charge in [-0.3, -0.25) is 10.1 Å². The van der Waals surface area contributed by atoms with E-state index in [0.717, 1.165) is 25.8 Å². The minimum Gasteiger partial charge on any atom is -0.388 e. The number of nitro groups is 1. The van der Waals surface area contributed by atoms with E-state index in [1.54, 1.807) is 6.92 Å². The third-order valence-electron chi connectivity index (χ3n) is 3.56. The van der Waals surface area contributed by atoms with Gasteiger partial charge in [0.05, 0.1) is 22.7 Å². The van der Waals surface area contributed by atoms with Crippen LogP contribution in [0.3, 0.4) is 0 Å². The number of hydrogen-bond acceptors (Lipinski definition) is 6. The Morgan fingerprint density at radius 1 is 1.57 bits per heavy atom. The summed E-state index contributed by atoms with van der Waals surface area (Å²) < 4.78 is 0. The molecule has 0 spiro atoms. The van der Waals surface area contributed by atoms with Crippen LogP contribution in [-0.2, 0) is 0 Å². The number of piperidine rings is 1. The zero-order chi connectivity index (χ0) is 15.5. The monoisotopic (exact) mass is 294 g/mol. The molecule has 1 aromatic heterocycles. The summed E-state index contributed by atoms with van der Waals surface area (Å²) in [5.74, 6) is 1.05. The molecule has 1 aromatic rings. The van der Waals surface area contributed by atoms with Gasteiger partial charge in [-0.1, -0.05) is 6.92 Å². The summed E-state index contributed by atoms with van der Waals surface area (Å²) in [7, 11) is 0. The molecule has 7 nitrogen and oxygen atoms in total. The van der Waals surface area contributed by atoms with Crippen LogP contribution in [0.4, 0.5) is 17.3 Å². The molecule has 2 rings (SSSR count). The van der Waals surface area contributed by atoms with E-state index in [9.17, 15) is 15.2 Å². The zero-order valence-corrected chi connectivity index (χ0v) is 12.5. The average molecular weight is 294 g/mol. The summed E-state index contributed by atoms with van der Waals surface area (Å²) in [5, 5.41) is 24.3. The normalized spacial score (nSPS) is 22.1. The van der Waals surface area contributed by atoms with E-state index in [2.05, 4.69) is 10.3 Å². The maximum absolute atomic E-state index is 11.1. The van der Waals surface area contributed by atoms with Crippen molar-refractivity contribution in [2.24, 2.45) is 0 Å². The van der Waals surface area contributed by atoms with Crippen molar-refractivity contribution in [3.63, 3.8) is 0 Å². The van der Waals surface area contributed by atoms with Crippen molar-refractivity contribution in [2.75, 3.05) is 29.9 Å². The summed E-state index contributed by atoms with van der Waals surface area (Å²) in [5.41, 5.74) is -0.759. The van der Waals surface area contributed by atoms with Gasteiger partial charge in [0.25, 0.3) is 5.69 Å². The van der Waals surface area contributed by atoms with Crippen LogP contribution in [0.1, 0.15) is 33.1 Å². The van der Waals surface area contributed by atoms with Gasteiger partial charge < -0.3 is 15.3 Å². The minimum absolute atomic E-state index is 0.0174. The first-order valence-electron chi connectivity index (χ1n) is 7.29. The lowest BCUT2D eigenvalue weighted by molar-refractivity contribution is -0.384. The summed E-state index contributed by atoms with van der Waals surface area (Å²) in [6.45, 7) is 5.71. The molecule has 1 fully saturated rings. The van der Waals surface area contributed by atoms with Gasteiger partial charge in [0, 0.05) is 19.6 Å². The lowest BCUT2D eigenvalue weighted by atomic mass is 9.95. The van der Waals surface area contributed by atoms with Crippen molar-refractivity contribution in [1.29, 1.82) is 0 Å². The molecule has 116 valence electrons. The SMILES string of the molecule is CCCNc1cc([N+](=O)[O-])cc(N2CCCC(C)(O)C2)n1. The number of nitrogens with zero attached hydrogens (tertiary/aromatic N) is 3. The predicted octanol–water partition coefficient (Wildman–Crippen LogP) is 2.16. The zero-order valence-electron chi connectivity index (χ0n) is 12.5. The number of rotatable bonds is 5. The first kappa shape index (κ1) is 15.5. The Morgan fingerprint density at radius 2 is 2.33 bits per heavy atom. The van der Waals surface area contributed by atoms with E-state index in [0.29, 0.717) is 24.7 Å². The summed E-state index contributed by atoms with van der Waals surface area (Å²) in [6.07, 6.45) is 2.49. The first-order valence-corrected chi connectivity index (χ1v) is 7.29. The Hall–Kier alpha value is -1.89. The second-order valence-corrected chi connectivity index (χ2v) is 5.77. The van der Waals surface area contributed by atoms with Gasteiger partial charge in [-0.05, 0) is 26.2 Å². The Bertz CT molecular complexity index is 519. The second-order valence-electron chi connectivity index (χ2n) is 5.77. The molecule has 1 atom stereocenters. The highest BCUT2D eigenvalue weighted by Crippen LogP contribution is 2.28. The van der Waals surface area contributed by atoms with Gasteiger partial charge in [0.2, 0.25) is 0 Å². The van der Waals surface area contributed by atoms with E-state index in [1.165, 1.54) is 12.1 Å². The molecule has 1 unspecified atom stereocenters. The van der Waals surface area contributed by atoms with Crippen LogP contribution >= 0.6 is 0 Å². The molecule has 0 aromatic carbocycles. The fourth-order valence-electron chi connectivity index (χ4n) is 2.53. The van der Waals surface area contributed by atoms with Gasteiger partial charge in [-0.2, -0.15) is 0 Å². The van der Waals surface area contributed by atoms with Crippen LogP contribution in [0, 0.1) is 10.1 Å². The van der Waals surface area contributed by atoms with Crippen molar-refractivity contribution < 1.29 is 10.0 Å². The van der Waals surface area contributed by atoms with Crippen molar-refractivity contribution in [2.45, 2.75) is 38.7 Å². The molecular weight excluding hydrogens is 272 g/mol. The number of nitrogens with one attached hydrogen (secondary N) is 1. The molecule has 0 bridgehead atoms. The van der Waals surface area contributed by atoms with Crippen LogP contribution in [0.5, 0.6) is 0 Å². The summed E-state index contributed by atoms with van der Waals surface area (Å²) in [4.78, 5) is 17.0. The molecule has 7 heteroatoms. The van der Waals surface area contributed by atoms with Gasteiger partial charge in [-0.25, -0.2) is 4.98 Å². The lowest BCUT2D eigenvalue weighted by Crippen LogP contribution is -2.46. The Morgan fingerprint density at radius 3 is 2.95 bits per heavy atom. The average Bonchev–Trinajstić information content (AvgIpc) is 2.43. The van der Waals surface area contributed by atoms with Gasteiger partial charge in [0.15, 0.2) is 0 Å². The molecule has 1 aliphatic heterocycles. The van der Waals surface area contributed by atoms with Crippen LogP contribution in [0.2, 0.25) is 0 Å². The molecule has 0 aliphatic carbocycles. The first-order chi connectivity index (χ1) is 9.91. The van der Waals surface area contributed by atoms with E-state index in [1.807, 2.05) is 11.8 Å². The summed E-state index contributed by atoms with van der Waals surface area (Å²) >= 11 is 0. The maximum Gasteiger partial charge on any atom is 0.276 e. The van der Waals surface area contributed by atoms with Crippen LogP contribution in [-0.4, -0.2) is 40.2 Å². The number of aromatic nitrogens is 1. The highest BCUT2D eigenvalue weighted by molar-refractivity contribution is 5.56. The molecule has 2 heterocycles. The van der Waals surface area contributed by atoms with Crippen molar-refractivity contribution in [1.82, 2.24) is 4.98 Å². The molecular formula is C14H22N4O3. The van der Waals surface area contributed by atoms with Crippen molar-refractivity contribution in [3.8, 4) is 0 Å². The molecule has 1 aliphatic rings. The third kappa shape index (κ3) is 4.04. The van der Waals surface area contributed by atoms with E-state index < -0.39 is 10.5 Å². The lowest BCUT2D eigenvalue weighted by Gasteiger charge is -2.37. The number of aliphatic hydroxyl groups is 1. The standard InChI is InChI=1S/C14H22N4O3/c1-3-6-15-12-8-11(18(20)21)9-13(16-12)17-7-4-5-14(2,19)10-17/h8-9,19H,3-7,10H2,1-2H3,(H,15,16). The fraction of sp³-hybridized carbons (Fsp3) is 0.643. The second kappa shape index (κ2) is 6.26. The maximum atomic E-state index is 11.1. The highest BCUT2D eigenvalue weighted by Gasteiger charge is 2.30. The highest BCUT2D eigenvalue weighted by atomic mass is 16.6. The smallest absolute Gasteiger partial charge is 0.276 e. The number of hydrogen-bond donors (Lipinski definition) is 2. The van der Waals surface area contributed by atoms with Crippen molar-refractivity contribution in [3.05, 3.63) is 22.2 Å². The van der Waals surface area contributed by atoms with E-state index in [4.69, 9.17) is 0 Å². The Labute approximate surface area is 124 Å². The van der Waals surface area contributed by atoms with Gasteiger partial charge >= 0.3 is 0 Å². The molecule has 2 N–H and O–H groups in total.